The average Bonchev–Trinajstić information content (AvgIpc) is 2.51. The molecule has 2 N–H and O–H groups in total. The molecule has 5 nitrogen and oxygen atoms in total. The summed E-state index contributed by atoms with van der Waals surface area (Å²) in [4.78, 5) is 3.97. The molecule has 0 bridgehead atoms. The molecule has 0 saturated heterocycles. The van der Waals surface area contributed by atoms with E-state index in [2.05, 4.69) is 15.2 Å². The standard InChI is InChI=1S/C15H13Cl2N3O2/c1-9-15(22)12(11(8-21)5-18-9)7-20-19-6-10-3-2-4-13(16)14(10)17/h2-7,21-22H,8H2,1H3/b19-6-,20-7+. The minimum Gasteiger partial charge on any atom is -0.505 e. The predicted octanol–water partition coefficient (Wildman–Crippen LogP) is 3.35. The fourth-order valence-corrected chi connectivity index (χ4v) is 2.09. The fourth-order valence-electron chi connectivity index (χ4n) is 1.73. The molecule has 2 rings (SSSR count). The van der Waals surface area contributed by atoms with Gasteiger partial charge in [0, 0.05) is 22.9 Å². The van der Waals surface area contributed by atoms with E-state index in [1.54, 1.807) is 25.1 Å². The van der Waals surface area contributed by atoms with E-state index < -0.39 is 0 Å². The third-order valence-corrected chi connectivity index (χ3v) is 3.79. The molecule has 0 aliphatic heterocycles. The summed E-state index contributed by atoms with van der Waals surface area (Å²) in [5, 5.41) is 27.8. The number of rotatable bonds is 4. The van der Waals surface area contributed by atoms with Crippen LogP contribution < -0.4 is 0 Å². The number of aliphatic hydroxyl groups excluding tert-OH is 1. The van der Waals surface area contributed by atoms with Gasteiger partial charge in [-0.05, 0) is 13.0 Å². The van der Waals surface area contributed by atoms with Crippen LogP contribution in [0.2, 0.25) is 10.0 Å². The number of aliphatic hydroxyl groups is 1. The number of pyridine rings is 1. The van der Waals surface area contributed by atoms with Crippen molar-refractivity contribution >= 4 is 35.6 Å². The van der Waals surface area contributed by atoms with Crippen LogP contribution in [0.4, 0.5) is 0 Å². The van der Waals surface area contributed by atoms with Crippen LogP contribution in [-0.4, -0.2) is 27.6 Å². The normalized spacial score (nSPS) is 11.6. The Hall–Kier alpha value is -1.95. The smallest absolute Gasteiger partial charge is 0.145 e. The molecule has 0 amide bonds. The second-order valence-corrected chi connectivity index (χ2v) is 5.21. The van der Waals surface area contributed by atoms with Gasteiger partial charge >= 0.3 is 0 Å². The first-order chi connectivity index (χ1) is 10.5. The Balaban J connectivity index is 2.25. The van der Waals surface area contributed by atoms with Crippen molar-refractivity contribution < 1.29 is 10.2 Å². The maximum atomic E-state index is 9.95. The van der Waals surface area contributed by atoms with E-state index in [0.29, 0.717) is 32.4 Å². The second kappa shape index (κ2) is 7.35. The lowest BCUT2D eigenvalue weighted by Crippen LogP contribution is -1.97. The maximum Gasteiger partial charge on any atom is 0.145 e. The predicted molar refractivity (Wildman–Crippen MR) is 88.2 cm³/mol. The summed E-state index contributed by atoms with van der Waals surface area (Å²) in [6, 6.07) is 5.18. The zero-order valence-corrected chi connectivity index (χ0v) is 13.2. The summed E-state index contributed by atoms with van der Waals surface area (Å²) in [6.07, 6.45) is 4.28. The van der Waals surface area contributed by atoms with Gasteiger partial charge in [-0.25, -0.2) is 0 Å². The monoisotopic (exact) mass is 337 g/mol. The Labute approximate surface area is 137 Å². The molecule has 0 aliphatic rings. The zero-order chi connectivity index (χ0) is 16.1. The molecule has 0 saturated carbocycles. The molecular weight excluding hydrogens is 325 g/mol. The third-order valence-electron chi connectivity index (χ3n) is 2.96. The molecule has 1 aromatic carbocycles. The van der Waals surface area contributed by atoms with Crippen LogP contribution in [-0.2, 0) is 6.61 Å². The Morgan fingerprint density at radius 3 is 2.68 bits per heavy atom. The Morgan fingerprint density at radius 2 is 1.95 bits per heavy atom. The molecule has 22 heavy (non-hydrogen) atoms. The number of halogens is 2. The number of aryl methyl sites for hydroxylation is 1. The number of benzene rings is 1. The number of aromatic nitrogens is 1. The van der Waals surface area contributed by atoms with Gasteiger partial charge in [0.25, 0.3) is 0 Å². The molecule has 7 heteroatoms. The first-order valence-electron chi connectivity index (χ1n) is 6.33. The highest BCUT2D eigenvalue weighted by Gasteiger charge is 2.09. The van der Waals surface area contributed by atoms with Gasteiger partial charge in [0.05, 0.1) is 34.8 Å². The molecule has 0 spiro atoms. The lowest BCUT2D eigenvalue weighted by atomic mass is 10.1. The number of nitrogens with zero attached hydrogens (tertiary/aromatic N) is 3. The molecule has 0 atom stereocenters. The molecule has 0 radical (unpaired) electrons. The van der Waals surface area contributed by atoms with E-state index in [0.717, 1.165) is 0 Å². The SMILES string of the molecule is Cc1ncc(CO)c(/C=N/N=C\c2cccc(Cl)c2Cl)c1O. The van der Waals surface area contributed by atoms with Crippen LogP contribution in [0.15, 0.2) is 34.6 Å². The van der Waals surface area contributed by atoms with Crippen molar-refractivity contribution in [3.8, 4) is 5.75 Å². The van der Waals surface area contributed by atoms with Gasteiger partial charge in [-0.3, -0.25) is 4.98 Å². The third kappa shape index (κ3) is 3.62. The molecule has 1 aromatic heterocycles. The quantitative estimate of drug-likeness (QED) is 0.663. The maximum absolute atomic E-state index is 9.95. The van der Waals surface area contributed by atoms with E-state index in [9.17, 15) is 10.2 Å². The van der Waals surface area contributed by atoms with Gasteiger partial charge in [0.15, 0.2) is 0 Å². The van der Waals surface area contributed by atoms with Crippen LogP contribution >= 0.6 is 23.2 Å². The van der Waals surface area contributed by atoms with Crippen molar-refractivity contribution in [2.24, 2.45) is 10.2 Å². The van der Waals surface area contributed by atoms with E-state index >= 15 is 0 Å². The Kier molecular flexibility index (Phi) is 5.49. The van der Waals surface area contributed by atoms with Gasteiger partial charge in [-0.1, -0.05) is 35.3 Å². The van der Waals surface area contributed by atoms with Crippen LogP contribution in [0.1, 0.15) is 22.4 Å². The lowest BCUT2D eigenvalue weighted by Gasteiger charge is -2.06. The summed E-state index contributed by atoms with van der Waals surface area (Å²) in [6.45, 7) is 1.40. The average molecular weight is 338 g/mol. The minimum atomic E-state index is -0.258. The minimum absolute atomic E-state index is 0.0358. The van der Waals surface area contributed by atoms with Crippen LogP contribution in [0.25, 0.3) is 0 Å². The van der Waals surface area contributed by atoms with Gasteiger partial charge in [0.1, 0.15) is 5.75 Å². The summed E-state index contributed by atoms with van der Waals surface area (Å²) >= 11 is 11.9. The highest BCUT2D eigenvalue weighted by atomic mass is 35.5. The van der Waals surface area contributed by atoms with Gasteiger partial charge < -0.3 is 10.2 Å². The zero-order valence-electron chi connectivity index (χ0n) is 11.7. The van der Waals surface area contributed by atoms with E-state index in [1.807, 2.05) is 0 Å². The summed E-state index contributed by atoms with van der Waals surface area (Å²) in [5.41, 5.74) is 1.91. The van der Waals surface area contributed by atoms with Crippen molar-refractivity contribution in [2.45, 2.75) is 13.5 Å². The van der Waals surface area contributed by atoms with Gasteiger partial charge in [-0.15, -0.1) is 0 Å². The Bertz CT molecular complexity index is 746. The summed E-state index contributed by atoms with van der Waals surface area (Å²) in [7, 11) is 0. The van der Waals surface area contributed by atoms with E-state index in [4.69, 9.17) is 23.2 Å². The number of hydrogen-bond acceptors (Lipinski definition) is 5. The Morgan fingerprint density at radius 1 is 1.23 bits per heavy atom. The van der Waals surface area contributed by atoms with Crippen LogP contribution in [0, 0.1) is 6.92 Å². The lowest BCUT2D eigenvalue weighted by molar-refractivity contribution is 0.280. The number of hydrogen-bond donors (Lipinski definition) is 2. The van der Waals surface area contributed by atoms with Crippen LogP contribution in [0.5, 0.6) is 5.75 Å². The number of aromatic hydroxyl groups is 1. The highest BCUT2D eigenvalue weighted by molar-refractivity contribution is 6.43. The van der Waals surface area contributed by atoms with E-state index in [1.165, 1.54) is 18.6 Å². The fraction of sp³-hybridized carbons (Fsp3) is 0.133. The van der Waals surface area contributed by atoms with E-state index in [-0.39, 0.29) is 12.4 Å². The summed E-state index contributed by atoms with van der Waals surface area (Å²) in [5.74, 6) is -0.0358. The summed E-state index contributed by atoms with van der Waals surface area (Å²) < 4.78 is 0. The molecule has 114 valence electrons. The first-order valence-corrected chi connectivity index (χ1v) is 7.09. The molecule has 0 aliphatic carbocycles. The molecule has 2 aromatic rings. The second-order valence-electron chi connectivity index (χ2n) is 4.42. The van der Waals surface area contributed by atoms with Crippen molar-refractivity contribution in [1.82, 2.24) is 4.98 Å². The van der Waals surface area contributed by atoms with Crippen LogP contribution in [0.3, 0.4) is 0 Å². The largest absolute Gasteiger partial charge is 0.505 e. The molecular formula is C15H13Cl2N3O2. The molecule has 0 unspecified atom stereocenters. The molecule has 0 fully saturated rings. The van der Waals surface area contributed by atoms with Crippen molar-refractivity contribution in [1.29, 1.82) is 0 Å². The van der Waals surface area contributed by atoms with Crippen molar-refractivity contribution in [3.63, 3.8) is 0 Å². The first kappa shape index (κ1) is 16.4. The highest BCUT2D eigenvalue weighted by Crippen LogP contribution is 2.24. The van der Waals surface area contributed by atoms with Crippen molar-refractivity contribution in [3.05, 3.63) is 56.8 Å². The topological polar surface area (TPSA) is 78.1 Å². The van der Waals surface area contributed by atoms with Crippen molar-refractivity contribution in [2.75, 3.05) is 0 Å². The molecule has 1 heterocycles. The van der Waals surface area contributed by atoms with Gasteiger partial charge in [-0.2, -0.15) is 10.2 Å². The van der Waals surface area contributed by atoms with Gasteiger partial charge in [0.2, 0.25) is 0 Å².